The van der Waals surface area contributed by atoms with E-state index in [4.69, 9.17) is 5.73 Å². The zero-order valence-corrected chi connectivity index (χ0v) is 20.3. The lowest BCUT2D eigenvalue weighted by atomic mass is 9.79. The molecular weight excluding hydrogens is 438 g/mol. The fourth-order valence-corrected chi connectivity index (χ4v) is 5.23. The van der Waals surface area contributed by atoms with E-state index in [1.54, 1.807) is 0 Å². The Hall–Kier alpha value is -1.46. The molecule has 1 unspecified atom stereocenters. The summed E-state index contributed by atoms with van der Waals surface area (Å²) in [6.45, 7) is 4.83. The largest absolute Gasteiger partial charge is 0.345 e. The third kappa shape index (κ3) is 8.19. The summed E-state index contributed by atoms with van der Waals surface area (Å²) >= 11 is 2.98. The first-order valence-corrected chi connectivity index (χ1v) is 12.7. The number of likely N-dealkylation sites (tertiary alicyclic amines) is 1. The van der Waals surface area contributed by atoms with Crippen molar-refractivity contribution >= 4 is 67.0 Å². The third-order valence-electron chi connectivity index (χ3n) is 4.98. The van der Waals surface area contributed by atoms with Crippen molar-refractivity contribution in [3.8, 4) is 0 Å². The molecule has 1 rings (SSSR count). The van der Waals surface area contributed by atoms with Crippen LogP contribution in [-0.4, -0.2) is 89.9 Å². The second-order valence-corrected chi connectivity index (χ2v) is 10.1. The van der Waals surface area contributed by atoms with Gasteiger partial charge < -0.3 is 16.4 Å². The SMILES string of the molecule is BBSC[C@H](NC(=O)CNC(=O)[C@H](CN)N1C(=O)CC(SC(CC)CC)C1=O)C(C)=O. The fourth-order valence-electron chi connectivity index (χ4n) is 3.13. The van der Waals surface area contributed by atoms with Crippen molar-refractivity contribution in [2.24, 2.45) is 5.73 Å². The topological polar surface area (TPSA) is 139 Å². The highest BCUT2D eigenvalue weighted by Gasteiger charge is 2.45. The lowest BCUT2D eigenvalue weighted by Gasteiger charge is -2.25. The molecule has 1 fully saturated rings. The molecule has 1 heterocycles. The molecule has 4 amide bonds. The van der Waals surface area contributed by atoms with Crippen molar-refractivity contribution in [2.45, 2.75) is 62.6 Å². The Morgan fingerprint density at radius 1 is 1.29 bits per heavy atom. The van der Waals surface area contributed by atoms with E-state index in [-0.39, 0.29) is 30.5 Å². The Morgan fingerprint density at radius 3 is 2.45 bits per heavy atom. The number of carbonyl (C=O) groups is 5. The van der Waals surface area contributed by atoms with Crippen LogP contribution >= 0.6 is 23.4 Å². The van der Waals surface area contributed by atoms with Crippen molar-refractivity contribution in [2.75, 3.05) is 18.8 Å². The van der Waals surface area contributed by atoms with Crippen LogP contribution in [0.15, 0.2) is 0 Å². The first-order chi connectivity index (χ1) is 14.7. The summed E-state index contributed by atoms with van der Waals surface area (Å²) in [6.07, 6.45) is 2.61. The average molecular weight is 470 g/mol. The van der Waals surface area contributed by atoms with Gasteiger partial charge in [0.25, 0.3) is 0 Å². The molecule has 1 aliphatic heterocycles. The van der Waals surface area contributed by atoms with E-state index >= 15 is 0 Å². The number of amides is 4. The van der Waals surface area contributed by atoms with Gasteiger partial charge in [0.05, 0.1) is 25.6 Å². The number of carbonyl (C=O) groups excluding carboxylic acids is 5. The van der Waals surface area contributed by atoms with Gasteiger partial charge >= 0.3 is 0 Å². The van der Waals surface area contributed by atoms with Crippen LogP contribution in [0.4, 0.5) is 0 Å². The molecular formula is C18H32B2N4O5S2. The summed E-state index contributed by atoms with van der Waals surface area (Å²) in [5.41, 5.74) is 5.70. The van der Waals surface area contributed by atoms with Crippen LogP contribution < -0.4 is 16.4 Å². The predicted octanol–water partition coefficient (Wildman–Crippen LogP) is -1.81. The van der Waals surface area contributed by atoms with E-state index in [9.17, 15) is 24.0 Å². The zero-order valence-electron chi connectivity index (χ0n) is 18.6. The molecule has 3 atom stereocenters. The number of Topliss-reactive ketones (excluding diaryl/α,β-unsaturated/α-hetero) is 1. The highest BCUT2D eigenvalue weighted by Crippen LogP contribution is 2.32. The van der Waals surface area contributed by atoms with E-state index in [1.165, 1.54) is 30.3 Å². The van der Waals surface area contributed by atoms with Crippen LogP contribution in [0.1, 0.15) is 40.0 Å². The van der Waals surface area contributed by atoms with Crippen LogP contribution in [0.25, 0.3) is 0 Å². The standard InChI is InChI=1S/C18H32B2N4O5S2/c1-4-11(5-2)31-14-6-16(27)24(18(14)29)13(7-21)17(28)22-8-15(26)23-12(10(3)25)9-30-20-19/h11-14,20H,4-9,19,21H2,1-3H3,(H,22,28)(H,23,26)/t12-,13-,14?/m0/s1. The van der Waals surface area contributed by atoms with E-state index in [0.29, 0.717) is 5.75 Å². The highest BCUT2D eigenvalue weighted by atomic mass is 32.2. The summed E-state index contributed by atoms with van der Waals surface area (Å²) in [7, 11) is 1.95. The van der Waals surface area contributed by atoms with Gasteiger partial charge in [0.15, 0.2) is 12.2 Å². The van der Waals surface area contributed by atoms with Gasteiger partial charge in [-0.25, -0.2) is 11.6 Å². The summed E-state index contributed by atoms with van der Waals surface area (Å²) < 4.78 is 0. The van der Waals surface area contributed by atoms with Gasteiger partial charge in [-0.1, -0.05) is 13.8 Å². The van der Waals surface area contributed by atoms with Crippen LogP contribution in [-0.2, 0) is 24.0 Å². The number of hydrogen-bond donors (Lipinski definition) is 3. The van der Waals surface area contributed by atoms with Crippen molar-refractivity contribution in [3.05, 3.63) is 0 Å². The summed E-state index contributed by atoms with van der Waals surface area (Å²) in [5.74, 6) is -1.77. The number of nitrogens with one attached hydrogen (secondary N) is 2. The molecule has 0 radical (unpaired) electrons. The highest BCUT2D eigenvalue weighted by molar-refractivity contribution is 8.26. The minimum atomic E-state index is -1.17. The molecule has 1 saturated heterocycles. The van der Waals surface area contributed by atoms with Gasteiger partial charge in [0.1, 0.15) is 6.04 Å². The van der Waals surface area contributed by atoms with E-state index in [2.05, 4.69) is 10.6 Å². The van der Waals surface area contributed by atoms with Crippen LogP contribution in [0.2, 0.25) is 0 Å². The molecule has 0 aromatic rings. The maximum absolute atomic E-state index is 12.8. The first kappa shape index (κ1) is 27.6. The molecule has 9 nitrogen and oxygen atoms in total. The van der Waals surface area contributed by atoms with Crippen LogP contribution in [0.3, 0.4) is 0 Å². The normalized spacial score (nSPS) is 18.1. The summed E-state index contributed by atoms with van der Waals surface area (Å²) in [6, 6.07) is -1.80. The molecule has 1 aliphatic rings. The molecule has 172 valence electrons. The van der Waals surface area contributed by atoms with Crippen molar-refractivity contribution < 1.29 is 24.0 Å². The van der Waals surface area contributed by atoms with Crippen LogP contribution in [0.5, 0.6) is 0 Å². The van der Waals surface area contributed by atoms with Crippen molar-refractivity contribution in [1.29, 1.82) is 0 Å². The summed E-state index contributed by atoms with van der Waals surface area (Å²) in [5, 5.41) is 4.76. The average Bonchev–Trinajstić information content (AvgIpc) is 3.01. The Kier molecular flexibility index (Phi) is 12.3. The van der Waals surface area contributed by atoms with Gasteiger partial charge in [0.2, 0.25) is 23.6 Å². The van der Waals surface area contributed by atoms with Crippen molar-refractivity contribution in [1.82, 2.24) is 15.5 Å². The quantitative estimate of drug-likeness (QED) is 0.200. The number of hydrogen-bond acceptors (Lipinski definition) is 8. The smallest absolute Gasteiger partial charge is 0.245 e. The summed E-state index contributed by atoms with van der Waals surface area (Å²) in [4.78, 5) is 62.6. The molecule has 0 aromatic heterocycles. The maximum atomic E-state index is 12.8. The van der Waals surface area contributed by atoms with Gasteiger partial charge in [-0.05, 0) is 19.8 Å². The third-order valence-corrected chi connectivity index (χ3v) is 7.71. The number of rotatable bonds is 14. The Labute approximate surface area is 193 Å². The number of imide groups is 1. The maximum Gasteiger partial charge on any atom is 0.245 e. The molecule has 0 saturated carbocycles. The van der Waals surface area contributed by atoms with Gasteiger partial charge in [0, 0.05) is 24.0 Å². The van der Waals surface area contributed by atoms with Crippen molar-refractivity contribution in [3.63, 3.8) is 0 Å². The monoisotopic (exact) mass is 470 g/mol. The second kappa shape index (κ2) is 13.8. The molecule has 13 heteroatoms. The molecule has 0 spiro atoms. The minimum Gasteiger partial charge on any atom is -0.345 e. The van der Waals surface area contributed by atoms with E-state index in [0.717, 1.165) is 24.2 Å². The Bertz CT molecular complexity index is 681. The predicted molar refractivity (Wildman–Crippen MR) is 129 cm³/mol. The fraction of sp³-hybridized carbons (Fsp3) is 0.722. The first-order valence-electron chi connectivity index (χ1n) is 10.6. The Morgan fingerprint density at radius 2 is 1.94 bits per heavy atom. The lowest BCUT2D eigenvalue weighted by molar-refractivity contribution is -0.146. The molecule has 31 heavy (non-hydrogen) atoms. The second-order valence-electron chi connectivity index (χ2n) is 7.23. The van der Waals surface area contributed by atoms with Crippen LogP contribution in [0, 0.1) is 0 Å². The Balaban J connectivity index is 2.70. The van der Waals surface area contributed by atoms with Gasteiger partial charge in [-0.2, -0.15) is 0 Å². The van der Waals surface area contributed by atoms with Gasteiger partial charge in [-0.3, -0.25) is 28.9 Å². The molecule has 0 aromatic carbocycles. The number of thioether (sulfide) groups is 1. The minimum absolute atomic E-state index is 0.0413. The molecule has 0 aliphatic carbocycles. The number of nitrogens with zero attached hydrogens (tertiary/aromatic N) is 1. The van der Waals surface area contributed by atoms with E-state index < -0.39 is 41.0 Å². The van der Waals surface area contributed by atoms with E-state index in [1.807, 2.05) is 21.6 Å². The number of nitrogens with two attached hydrogens (primary N) is 1. The molecule has 0 bridgehead atoms. The lowest BCUT2D eigenvalue weighted by Crippen LogP contribution is -2.55. The zero-order chi connectivity index (χ0) is 23.6. The van der Waals surface area contributed by atoms with Gasteiger partial charge in [-0.15, -0.1) is 11.8 Å². The molecule has 4 N–H and O–H groups in total. The number of ketones is 1.